The molecule has 1 aromatic carbocycles. The van der Waals surface area contributed by atoms with E-state index in [1.54, 1.807) is 0 Å². The number of ether oxygens (including phenoxy) is 1. The topological polar surface area (TPSA) is 57.9 Å². The molecule has 1 aliphatic rings. The molecule has 0 bridgehead atoms. The van der Waals surface area contributed by atoms with E-state index in [0.717, 1.165) is 34.8 Å². The average Bonchev–Trinajstić information content (AvgIpc) is 2.47. The summed E-state index contributed by atoms with van der Waals surface area (Å²) in [4.78, 5) is 4.36. The Morgan fingerprint density at radius 1 is 1.33 bits per heavy atom. The zero-order valence-electron chi connectivity index (χ0n) is 12.2. The van der Waals surface area contributed by atoms with E-state index in [2.05, 4.69) is 22.4 Å². The molecule has 21 heavy (non-hydrogen) atoms. The Hall–Kier alpha value is -2.54. The molecule has 4 nitrogen and oxygen atoms in total. The third-order valence-electron chi connectivity index (χ3n) is 3.73. The fraction of sp³-hybridized carbons (Fsp3) is 0.294. The van der Waals surface area contributed by atoms with Crippen molar-refractivity contribution in [3.8, 4) is 11.8 Å². The minimum absolute atomic E-state index is 0.156. The number of aryl methyl sites for hydroxylation is 2. The van der Waals surface area contributed by atoms with E-state index >= 15 is 0 Å². The maximum absolute atomic E-state index is 9.36. The molecule has 3 rings (SSSR count). The summed E-state index contributed by atoms with van der Waals surface area (Å²) in [6, 6.07) is 12.4. The fourth-order valence-corrected chi connectivity index (χ4v) is 2.76. The highest BCUT2D eigenvalue weighted by Crippen LogP contribution is 2.35. The van der Waals surface area contributed by atoms with Crippen molar-refractivity contribution >= 4 is 5.69 Å². The van der Waals surface area contributed by atoms with Gasteiger partial charge >= 0.3 is 0 Å². The molecule has 106 valence electrons. The van der Waals surface area contributed by atoms with Gasteiger partial charge in [0.05, 0.1) is 29.6 Å². The Kier molecular flexibility index (Phi) is 3.49. The van der Waals surface area contributed by atoms with Crippen LogP contribution in [0.25, 0.3) is 0 Å². The lowest BCUT2D eigenvalue weighted by atomic mass is 9.99. The highest BCUT2D eigenvalue weighted by molar-refractivity contribution is 5.61. The minimum atomic E-state index is 0.156. The molecule has 1 aliphatic heterocycles. The molecule has 0 spiro atoms. The van der Waals surface area contributed by atoms with Crippen LogP contribution >= 0.6 is 0 Å². The largest absolute Gasteiger partial charge is 0.493 e. The van der Waals surface area contributed by atoms with Crippen LogP contribution in [0.2, 0.25) is 0 Å². The standard InChI is InChI=1S/C17H17N3O/c1-11-9-16(14(10-18)12(2)19-11)20-15-7-8-21-17-6-4-3-5-13(15)17/h3-6,9,15H,7-8H2,1-2H3,(H,19,20). The Morgan fingerprint density at radius 3 is 2.95 bits per heavy atom. The van der Waals surface area contributed by atoms with Crippen LogP contribution in [0.5, 0.6) is 5.75 Å². The maximum atomic E-state index is 9.36. The Morgan fingerprint density at radius 2 is 2.14 bits per heavy atom. The summed E-state index contributed by atoms with van der Waals surface area (Å²) in [6.45, 7) is 4.49. The van der Waals surface area contributed by atoms with Crippen molar-refractivity contribution in [3.05, 3.63) is 52.8 Å². The molecule has 1 N–H and O–H groups in total. The summed E-state index contributed by atoms with van der Waals surface area (Å²) in [7, 11) is 0. The molecule has 2 aromatic rings. The molecule has 1 atom stereocenters. The SMILES string of the molecule is Cc1cc(NC2CCOc3ccccc32)c(C#N)c(C)n1. The van der Waals surface area contributed by atoms with Crippen LogP contribution in [0.4, 0.5) is 5.69 Å². The van der Waals surface area contributed by atoms with Gasteiger partial charge < -0.3 is 10.1 Å². The van der Waals surface area contributed by atoms with Crippen molar-refractivity contribution in [1.82, 2.24) is 4.98 Å². The molecule has 0 aliphatic carbocycles. The summed E-state index contributed by atoms with van der Waals surface area (Å²) in [6.07, 6.45) is 0.877. The first-order chi connectivity index (χ1) is 10.2. The van der Waals surface area contributed by atoms with E-state index in [-0.39, 0.29) is 6.04 Å². The smallest absolute Gasteiger partial charge is 0.124 e. The molecule has 0 saturated heterocycles. The van der Waals surface area contributed by atoms with Crippen molar-refractivity contribution in [2.24, 2.45) is 0 Å². The van der Waals surface area contributed by atoms with Gasteiger partial charge in [0, 0.05) is 17.7 Å². The summed E-state index contributed by atoms with van der Waals surface area (Å²) in [5.41, 5.74) is 4.28. The minimum Gasteiger partial charge on any atom is -0.493 e. The number of anilines is 1. The summed E-state index contributed by atoms with van der Waals surface area (Å²) >= 11 is 0. The van der Waals surface area contributed by atoms with Gasteiger partial charge in [0.25, 0.3) is 0 Å². The predicted molar refractivity (Wildman–Crippen MR) is 81.3 cm³/mol. The number of nitriles is 1. The van der Waals surface area contributed by atoms with Gasteiger partial charge in [-0.15, -0.1) is 0 Å². The van der Waals surface area contributed by atoms with Gasteiger partial charge in [0.1, 0.15) is 11.8 Å². The van der Waals surface area contributed by atoms with Crippen LogP contribution in [-0.2, 0) is 0 Å². The van der Waals surface area contributed by atoms with Crippen LogP contribution in [-0.4, -0.2) is 11.6 Å². The summed E-state index contributed by atoms with van der Waals surface area (Å²) in [5, 5.41) is 12.9. The van der Waals surface area contributed by atoms with E-state index in [1.807, 2.05) is 38.1 Å². The molecule has 0 radical (unpaired) electrons. The Labute approximate surface area is 124 Å². The third kappa shape index (κ3) is 2.55. The number of aromatic nitrogens is 1. The number of rotatable bonds is 2. The van der Waals surface area contributed by atoms with Gasteiger partial charge in [-0.05, 0) is 26.0 Å². The van der Waals surface area contributed by atoms with Crippen molar-refractivity contribution in [2.45, 2.75) is 26.3 Å². The Balaban J connectivity index is 1.97. The molecule has 1 aromatic heterocycles. The van der Waals surface area contributed by atoms with E-state index in [4.69, 9.17) is 4.74 Å². The van der Waals surface area contributed by atoms with Crippen LogP contribution in [0, 0.1) is 25.2 Å². The maximum Gasteiger partial charge on any atom is 0.124 e. The molecule has 0 amide bonds. The molecular weight excluding hydrogens is 262 g/mol. The predicted octanol–water partition coefficient (Wildman–Crippen LogP) is 3.51. The van der Waals surface area contributed by atoms with Gasteiger partial charge in [-0.2, -0.15) is 5.26 Å². The van der Waals surface area contributed by atoms with Gasteiger partial charge in [-0.3, -0.25) is 4.98 Å². The number of pyridine rings is 1. The second-order valence-electron chi connectivity index (χ2n) is 5.26. The van der Waals surface area contributed by atoms with E-state index in [1.165, 1.54) is 0 Å². The van der Waals surface area contributed by atoms with Crippen molar-refractivity contribution in [1.29, 1.82) is 5.26 Å². The molecule has 0 saturated carbocycles. The van der Waals surface area contributed by atoms with Crippen LogP contribution in [0.1, 0.15) is 35.0 Å². The van der Waals surface area contributed by atoms with Gasteiger partial charge in [0.2, 0.25) is 0 Å². The third-order valence-corrected chi connectivity index (χ3v) is 3.73. The summed E-state index contributed by atoms with van der Waals surface area (Å²) in [5.74, 6) is 0.919. The molecule has 2 heterocycles. The van der Waals surface area contributed by atoms with Gasteiger partial charge in [0.15, 0.2) is 0 Å². The average molecular weight is 279 g/mol. The zero-order valence-corrected chi connectivity index (χ0v) is 12.2. The second kappa shape index (κ2) is 5.45. The van der Waals surface area contributed by atoms with Crippen molar-refractivity contribution < 1.29 is 4.74 Å². The number of nitrogens with zero attached hydrogens (tertiary/aromatic N) is 2. The molecule has 0 fully saturated rings. The first-order valence-corrected chi connectivity index (χ1v) is 7.05. The first-order valence-electron chi connectivity index (χ1n) is 7.05. The molecule has 4 heteroatoms. The van der Waals surface area contributed by atoms with Gasteiger partial charge in [-0.25, -0.2) is 0 Å². The van der Waals surface area contributed by atoms with Crippen molar-refractivity contribution in [2.75, 3.05) is 11.9 Å². The van der Waals surface area contributed by atoms with Crippen LogP contribution in [0.3, 0.4) is 0 Å². The number of hydrogen-bond acceptors (Lipinski definition) is 4. The highest BCUT2D eigenvalue weighted by atomic mass is 16.5. The van der Waals surface area contributed by atoms with Crippen LogP contribution in [0.15, 0.2) is 30.3 Å². The van der Waals surface area contributed by atoms with E-state index in [9.17, 15) is 5.26 Å². The number of fused-ring (bicyclic) bond motifs is 1. The van der Waals surface area contributed by atoms with E-state index < -0.39 is 0 Å². The number of benzene rings is 1. The summed E-state index contributed by atoms with van der Waals surface area (Å²) < 4.78 is 5.68. The van der Waals surface area contributed by atoms with Crippen LogP contribution < -0.4 is 10.1 Å². The first kappa shape index (κ1) is 13.4. The van der Waals surface area contributed by atoms with Gasteiger partial charge in [-0.1, -0.05) is 18.2 Å². The quantitative estimate of drug-likeness (QED) is 0.914. The molecular formula is C17H17N3O. The Bertz CT molecular complexity index is 718. The normalized spacial score (nSPS) is 16.5. The zero-order chi connectivity index (χ0) is 14.8. The number of para-hydroxylation sites is 1. The lowest BCUT2D eigenvalue weighted by Gasteiger charge is -2.28. The van der Waals surface area contributed by atoms with E-state index in [0.29, 0.717) is 12.2 Å². The lowest BCUT2D eigenvalue weighted by molar-refractivity contribution is 0.274. The molecule has 1 unspecified atom stereocenters. The fourth-order valence-electron chi connectivity index (χ4n) is 2.76. The highest BCUT2D eigenvalue weighted by Gasteiger charge is 2.22. The number of nitrogens with one attached hydrogen (secondary N) is 1. The van der Waals surface area contributed by atoms with Crippen molar-refractivity contribution in [3.63, 3.8) is 0 Å². The monoisotopic (exact) mass is 279 g/mol. The second-order valence-corrected chi connectivity index (χ2v) is 5.26. The number of hydrogen-bond donors (Lipinski definition) is 1. The lowest BCUT2D eigenvalue weighted by Crippen LogP contribution is -2.21.